The number of benzene rings is 1. The van der Waals surface area contributed by atoms with Crippen molar-refractivity contribution in [1.29, 1.82) is 0 Å². The van der Waals surface area contributed by atoms with Crippen molar-refractivity contribution in [1.82, 2.24) is 5.32 Å². The molecule has 2 rings (SSSR count). The van der Waals surface area contributed by atoms with Crippen LogP contribution in [0.5, 0.6) is 11.5 Å². The molecule has 0 radical (unpaired) electrons. The molecule has 1 aromatic rings. The number of hydrogen-bond donors (Lipinski definition) is 1. The van der Waals surface area contributed by atoms with Crippen molar-refractivity contribution < 1.29 is 9.47 Å². The van der Waals surface area contributed by atoms with Gasteiger partial charge in [-0.15, -0.1) is 0 Å². The van der Waals surface area contributed by atoms with E-state index in [9.17, 15) is 0 Å². The normalized spacial score (nSPS) is 18.8. The molecule has 1 saturated heterocycles. The molecule has 1 heterocycles. The standard InChI is InChI=1S/C15H23NO2S2/c1-2-17-14-5-3-4-6-15(14)18-8-7-16-11-13-12-19-9-10-20-13/h3-6,13,16H,2,7-12H2,1H3. The van der Waals surface area contributed by atoms with Crippen LogP contribution in [-0.4, -0.2) is 48.8 Å². The van der Waals surface area contributed by atoms with Crippen LogP contribution in [0.4, 0.5) is 0 Å². The molecular weight excluding hydrogens is 290 g/mol. The second-order valence-electron chi connectivity index (χ2n) is 4.50. The summed E-state index contributed by atoms with van der Waals surface area (Å²) in [5, 5.41) is 4.23. The van der Waals surface area contributed by atoms with Crippen LogP contribution in [0.2, 0.25) is 0 Å². The van der Waals surface area contributed by atoms with Crippen LogP contribution in [0.3, 0.4) is 0 Å². The summed E-state index contributed by atoms with van der Waals surface area (Å²) < 4.78 is 11.3. The third-order valence-corrected chi connectivity index (χ3v) is 5.79. The Bertz CT molecular complexity index is 384. The Hall–Kier alpha value is -0.520. The van der Waals surface area contributed by atoms with Gasteiger partial charge in [0, 0.05) is 35.6 Å². The monoisotopic (exact) mass is 313 g/mol. The van der Waals surface area contributed by atoms with Crippen LogP contribution in [0.25, 0.3) is 0 Å². The van der Waals surface area contributed by atoms with Crippen LogP contribution in [0.1, 0.15) is 6.92 Å². The highest BCUT2D eigenvalue weighted by Crippen LogP contribution is 2.26. The van der Waals surface area contributed by atoms with Gasteiger partial charge in [0.05, 0.1) is 6.61 Å². The molecule has 1 aliphatic heterocycles. The topological polar surface area (TPSA) is 30.5 Å². The van der Waals surface area contributed by atoms with Gasteiger partial charge >= 0.3 is 0 Å². The van der Waals surface area contributed by atoms with Gasteiger partial charge in [-0.2, -0.15) is 23.5 Å². The first-order chi connectivity index (χ1) is 9.90. The zero-order valence-electron chi connectivity index (χ0n) is 12.0. The maximum absolute atomic E-state index is 5.78. The molecule has 1 fully saturated rings. The van der Waals surface area contributed by atoms with E-state index in [0.717, 1.165) is 29.8 Å². The zero-order chi connectivity index (χ0) is 14.0. The molecule has 0 bridgehead atoms. The Morgan fingerprint density at radius 1 is 1.20 bits per heavy atom. The first-order valence-corrected chi connectivity index (χ1v) is 9.35. The van der Waals surface area contributed by atoms with Gasteiger partial charge in [-0.05, 0) is 19.1 Å². The number of rotatable bonds is 8. The quantitative estimate of drug-likeness (QED) is 0.746. The number of ether oxygens (including phenoxy) is 2. The summed E-state index contributed by atoms with van der Waals surface area (Å²) in [6.45, 7) is 5.28. The Balaban J connectivity index is 1.63. The molecule has 0 spiro atoms. The molecule has 112 valence electrons. The van der Waals surface area contributed by atoms with Crippen molar-refractivity contribution in [2.24, 2.45) is 0 Å². The average Bonchev–Trinajstić information content (AvgIpc) is 2.50. The first-order valence-electron chi connectivity index (χ1n) is 7.15. The van der Waals surface area contributed by atoms with Gasteiger partial charge in [0.25, 0.3) is 0 Å². The summed E-state index contributed by atoms with van der Waals surface area (Å²) in [6.07, 6.45) is 0. The SMILES string of the molecule is CCOc1ccccc1OCCNCC1CSCCS1. The van der Waals surface area contributed by atoms with E-state index in [1.165, 1.54) is 17.3 Å². The minimum atomic E-state index is 0.662. The van der Waals surface area contributed by atoms with E-state index in [4.69, 9.17) is 9.47 Å². The van der Waals surface area contributed by atoms with E-state index in [1.54, 1.807) is 0 Å². The van der Waals surface area contributed by atoms with Gasteiger partial charge < -0.3 is 14.8 Å². The third-order valence-electron chi connectivity index (χ3n) is 2.94. The lowest BCUT2D eigenvalue weighted by atomic mass is 10.3. The summed E-state index contributed by atoms with van der Waals surface area (Å²) in [5.74, 6) is 5.52. The summed E-state index contributed by atoms with van der Waals surface area (Å²) >= 11 is 4.14. The minimum Gasteiger partial charge on any atom is -0.490 e. The molecule has 5 heteroatoms. The first kappa shape index (κ1) is 15.9. The fourth-order valence-electron chi connectivity index (χ4n) is 1.99. The molecule has 1 atom stereocenters. The van der Waals surface area contributed by atoms with Gasteiger partial charge in [0.1, 0.15) is 6.61 Å². The number of hydrogen-bond acceptors (Lipinski definition) is 5. The van der Waals surface area contributed by atoms with E-state index < -0.39 is 0 Å². The Morgan fingerprint density at radius 3 is 2.70 bits per heavy atom. The van der Waals surface area contributed by atoms with E-state index >= 15 is 0 Å². The molecule has 0 saturated carbocycles. The smallest absolute Gasteiger partial charge is 0.161 e. The van der Waals surface area contributed by atoms with Crippen molar-refractivity contribution in [2.45, 2.75) is 12.2 Å². The molecule has 3 nitrogen and oxygen atoms in total. The molecule has 1 N–H and O–H groups in total. The van der Waals surface area contributed by atoms with Crippen LogP contribution < -0.4 is 14.8 Å². The van der Waals surface area contributed by atoms with Crippen molar-refractivity contribution in [2.75, 3.05) is 43.6 Å². The van der Waals surface area contributed by atoms with Gasteiger partial charge in [-0.3, -0.25) is 0 Å². The van der Waals surface area contributed by atoms with Crippen LogP contribution in [0, 0.1) is 0 Å². The lowest BCUT2D eigenvalue weighted by Gasteiger charge is -2.21. The molecule has 0 amide bonds. The average molecular weight is 313 g/mol. The number of thioether (sulfide) groups is 2. The van der Waals surface area contributed by atoms with Crippen LogP contribution in [-0.2, 0) is 0 Å². The van der Waals surface area contributed by atoms with Gasteiger partial charge in [-0.1, -0.05) is 12.1 Å². The predicted octanol–water partition coefficient (Wildman–Crippen LogP) is 2.90. The second kappa shape index (κ2) is 9.42. The summed E-state index contributed by atoms with van der Waals surface area (Å²) in [7, 11) is 0. The molecule has 0 aromatic heterocycles. The molecule has 1 aromatic carbocycles. The van der Waals surface area contributed by atoms with E-state index in [2.05, 4.69) is 28.8 Å². The van der Waals surface area contributed by atoms with Crippen LogP contribution in [0.15, 0.2) is 24.3 Å². The van der Waals surface area contributed by atoms with E-state index in [0.29, 0.717) is 13.2 Å². The fourth-order valence-corrected chi connectivity index (χ4v) is 4.64. The summed E-state index contributed by atoms with van der Waals surface area (Å²) in [6, 6.07) is 7.84. The Kier molecular flexibility index (Phi) is 7.47. The zero-order valence-corrected chi connectivity index (χ0v) is 13.6. The van der Waals surface area contributed by atoms with Gasteiger partial charge in [0.2, 0.25) is 0 Å². The molecule has 1 aliphatic rings. The number of para-hydroxylation sites is 2. The van der Waals surface area contributed by atoms with E-state index in [-0.39, 0.29) is 0 Å². The van der Waals surface area contributed by atoms with Crippen molar-refractivity contribution in [3.05, 3.63) is 24.3 Å². The largest absolute Gasteiger partial charge is 0.490 e. The van der Waals surface area contributed by atoms with Crippen LogP contribution >= 0.6 is 23.5 Å². The highest BCUT2D eigenvalue weighted by Gasteiger charge is 2.13. The Labute approximate surface area is 130 Å². The van der Waals surface area contributed by atoms with Gasteiger partial charge in [0.15, 0.2) is 11.5 Å². The van der Waals surface area contributed by atoms with Gasteiger partial charge in [-0.25, -0.2) is 0 Å². The predicted molar refractivity (Wildman–Crippen MR) is 89.5 cm³/mol. The summed E-state index contributed by atoms with van der Waals surface area (Å²) in [5.41, 5.74) is 0. The summed E-state index contributed by atoms with van der Waals surface area (Å²) in [4.78, 5) is 0. The highest BCUT2D eigenvalue weighted by molar-refractivity contribution is 8.06. The van der Waals surface area contributed by atoms with E-state index in [1.807, 2.05) is 31.2 Å². The lowest BCUT2D eigenvalue weighted by Crippen LogP contribution is -2.31. The molecule has 20 heavy (non-hydrogen) atoms. The molecule has 0 aliphatic carbocycles. The minimum absolute atomic E-state index is 0.662. The third kappa shape index (κ3) is 5.46. The molecule has 1 unspecified atom stereocenters. The Morgan fingerprint density at radius 2 is 2.00 bits per heavy atom. The maximum atomic E-state index is 5.78. The van der Waals surface area contributed by atoms with Crippen molar-refractivity contribution in [3.8, 4) is 11.5 Å². The second-order valence-corrected chi connectivity index (χ2v) is 7.06. The lowest BCUT2D eigenvalue weighted by molar-refractivity contribution is 0.276. The number of nitrogens with one attached hydrogen (secondary N) is 1. The molecular formula is C15H23NO2S2. The van der Waals surface area contributed by atoms with Crippen molar-refractivity contribution in [3.63, 3.8) is 0 Å². The maximum Gasteiger partial charge on any atom is 0.161 e. The highest BCUT2D eigenvalue weighted by atomic mass is 32.2. The van der Waals surface area contributed by atoms with Crippen molar-refractivity contribution >= 4 is 23.5 Å². The fraction of sp³-hybridized carbons (Fsp3) is 0.600.